The Morgan fingerprint density at radius 3 is 1.40 bits per heavy atom. The molecule has 0 nitrogen and oxygen atoms in total. The summed E-state index contributed by atoms with van der Waals surface area (Å²) >= 11 is 0. The largest absolute Gasteiger partial charge is 0.123 e. The molecule has 30 heavy (non-hydrogen) atoms. The highest BCUT2D eigenvalue weighted by Gasteiger charge is 2.03. The number of rotatable bonds is 11. The number of allylic oxidation sites excluding steroid dienone is 1. The minimum atomic E-state index is 1.09. The van der Waals surface area contributed by atoms with Crippen LogP contribution in [0.3, 0.4) is 0 Å². The van der Waals surface area contributed by atoms with Gasteiger partial charge in [0.15, 0.2) is 0 Å². The first-order valence-electron chi connectivity index (χ1n) is 11.4. The Balaban J connectivity index is 1.67. The van der Waals surface area contributed by atoms with E-state index in [-0.39, 0.29) is 0 Å². The molecule has 0 heterocycles. The molecule has 3 aromatic carbocycles. The Morgan fingerprint density at radius 2 is 0.967 bits per heavy atom. The zero-order valence-electron chi connectivity index (χ0n) is 18.3. The van der Waals surface area contributed by atoms with Gasteiger partial charge in [0.05, 0.1) is 0 Å². The molecule has 0 radical (unpaired) electrons. The summed E-state index contributed by atoms with van der Waals surface area (Å²) in [7, 11) is 0. The Kier molecular flexibility index (Phi) is 9.25. The predicted molar refractivity (Wildman–Crippen MR) is 130 cm³/mol. The van der Waals surface area contributed by atoms with Gasteiger partial charge >= 0.3 is 0 Å². The standard InChI is InChI=1S/C30H34/c1-2-26(19-12-20-27-13-6-3-7-14-27)25-30(23-21-28-15-8-4-9-16-28)24-22-29-17-10-5-11-18-29/h3-11,13-18H,2,12,19-24H2,1H3. The first kappa shape index (κ1) is 21.9. The third-order valence-corrected chi connectivity index (χ3v) is 5.68. The molecule has 0 bridgehead atoms. The summed E-state index contributed by atoms with van der Waals surface area (Å²) in [5.41, 5.74) is 11.1. The van der Waals surface area contributed by atoms with Crippen LogP contribution in [0.25, 0.3) is 0 Å². The predicted octanol–water partition coefficient (Wildman–Crippen LogP) is 8.14. The molecule has 0 atom stereocenters. The van der Waals surface area contributed by atoms with Crippen LogP contribution >= 0.6 is 0 Å². The normalized spacial score (nSPS) is 10.4. The summed E-state index contributed by atoms with van der Waals surface area (Å²) in [5.74, 6) is 0. The number of hydrogen-bond acceptors (Lipinski definition) is 0. The zero-order chi connectivity index (χ0) is 20.9. The van der Waals surface area contributed by atoms with Crippen LogP contribution in [-0.4, -0.2) is 0 Å². The second kappa shape index (κ2) is 12.7. The summed E-state index contributed by atoms with van der Waals surface area (Å²) in [4.78, 5) is 0. The van der Waals surface area contributed by atoms with E-state index in [0.717, 1.165) is 44.9 Å². The van der Waals surface area contributed by atoms with Crippen molar-refractivity contribution in [2.45, 2.75) is 58.3 Å². The van der Waals surface area contributed by atoms with Gasteiger partial charge in [0.1, 0.15) is 0 Å². The van der Waals surface area contributed by atoms with Gasteiger partial charge in [-0.15, -0.1) is 5.73 Å². The van der Waals surface area contributed by atoms with E-state index in [1.807, 2.05) is 0 Å². The van der Waals surface area contributed by atoms with Crippen molar-refractivity contribution < 1.29 is 0 Å². The summed E-state index contributed by atoms with van der Waals surface area (Å²) < 4.78 is 0. The van der Waals surface area contributed by atoms with Gasteiger partial charge in [-0.3, -0.25) is 0 Å². The molecule has 0 saturated carbocycles. The second-order valence-electron chi connectivity index (χ2n) is 8.00. The molecule has 0 aliphatic heterocycles. The van der Waals surface area contributed by atoms with Crippen molar-refractivity contribution in [2.75, 3.05) is 0 Å². The third-order valence-electron chi connectivity index (χ3n) is 5.68. The molecular formula is C30H34. The zero-order valence-corrected chi connectivity index (χ0v) is 18.3. The molecule has 0 fully saturated rings. The van der Waals surface area contributed by atoms with Crippen molar-refractivity contribution in [3.05, 3.63) is 125 Å². The molecule has 3 rings (SSSR count). The fraction of sp³-hybridized carbons (Fsp3) is 0.300. The van der Waals surface area contributed by atoms with Crippen LogP contribution in [0, 0.1) is 0 Å². The van der Waals surface area contributed by atoms with E-state index in [1.54, 1.807) is 0 Å². The van der Waals surface area contributed by atoms with Crippen molar-refractivity contribution in [3.8, 4) is 0 Å². The molecule has 0 spiro atoms. The van der Waals surface area contributed by atoms with Gasteiger partial charge in [0.2, 0.25) is 0 Å². The van der Waals surface area contributed by atoms with Crippen LogP contribution in [0.2, 0.25) is 0 Å². The topological polar surface area (TPSA) is 0 Å². The molecule has 0 N–H and O–H groups in total. The van der Waals surface area contributed by atoms with Crippen LogP contribution in [-0.2, 0) is 19.3 Å². The molecule has 154 valence electrons. The monoisotopic (exact) mass is 394 g/mol. The van der Waals surface area contributed by atoms with Gasteiger partial charge < -0.3 is 0 Å². The lowest BCUT2D eigenvalue weighted by Gasteiger charge is -2.08. The van der Waals surface area contributed by atoms with Crippen molar-refractivity contribution in [1.29, 1.82) is 0 Å². The van der Waals surface area contributed by atoms with Crippen molar-refractivity contribution in [2.24, 2.45) is 0 Å². The summed E-state index contributed by atoms with van der Waals surface area (Å²) in [6.45, 7) is 2.27. The first-order valence-corrected chi connectivity index (χ1v) is 11.4. The highest BCUT2D eigenvalue weighted by molar-refractivity contribution is 5.21. The SMILES string of the molecule is CCC(=C=C(CCc1ccccc1)CCc1ccccc1)CCCc1ccccc1. The molecule has 3 aromatic rings. The summed E-state index contributed by atoms with van der Waals surface area (Å²) in [6, 6.07) is 32.5. The quantitative estimate of drug-likeness (QED) is 0.288. The van der Waals surface area contributed by atoms with Gasteiger partial charge in [-0.2, -0.15) is 0 Å². The minimum Gasteiger partial charge on any atom is -0.123 e. The van der Waals surface area contributed by atoms with Crippen LogP contribution in [0.4, 0.5) is 0 Å². The Hall–Kier alpha value is -2.82. The Labute approximate surface area is 183 Å². The van der Waals surface area contributed by atoms with E-state index in [4.69, 9.17) is 0 Å². The highest BCUT2D eigenvalue weighted by Crippen LogP contribution is 2.19. The molecule has 0 unspecified atom stereocenters. The van der Waals surface area contributed by atoms with Gasteiger partial charge in [-0.05, 0) is 79.2 Å². The lowest BCUT2D eigenvalue weighted by molar-refractivity contribution is 0.781. The number of aryl methyl sites for hydroxylation is 3. The van der Waals surface area contributed by atoms with E-state index >= 15 is 0 Å². The van der Waals surface area contributed by atoms with Crippen LogP contribution in [0.5, 0.6) is 0 Å². The van der Waals surface area contributed by atoms with Gasteiger partial charge in [-0.1, -0.05) is 97.9 Å². The fourth-order valence-corrected chi connectivity index (χ4v) is 3.86. The lowest BCUT2D eigenvalue weighted by Crippen LogP contribution is -1.94. The molecule has 0 aliphatic carbocycles. The summed E-state index contributed by atoms with van der Waals surface area (Å²) in [6.07, 6.45) is 8.97. The Bertz CT molecular complexity index is 868. The smallest absolute Gasteiger partial charge is 0.0203 e. The Morgan fingerprint density at radius 1 is 0.533 bits per heavy atom. The van der Waals surface area contributed by atoms with E-state index in [1.165, 1.54) is 34.3 Å². The van der Waals surface area contributed by atoms with Crippen LogP contribution < -0.4 is 0 Å². The van der Waals surface area contributed by atoms with Crippen LogP contribution in [0.15, 0.2) is 108 Å². The van der Waals surface area contributed by atoms with E-state index < -0.39 is 0 Å². The number of hydrogen-bond donors (Lipinski definition) is 0. The van der Waals surface area contributed by atoms with E-state index in [0.29, 0.717) is 0 Å². The molecule has 0 aromatic heterocycles. The minimum absolute atomic E-state index is 1.09. The summed E-state index contributed by atoms with van der Waals surface area (Å²) in [5, 5.41) is 0. The van der Waals surface area contributed by atoms with Crippen molar-refractivity contribution in [1.82, 2.24) is 0 Å². The molecule has 0 heteroatoms. The van der Waals surface area contributed by atoms with E-state index in [2.05, 4.69) is 104 Å². The number of benzene rings is 3. The van der Waals surface area contributed by atoms with Gasteiger partial charge in [-0.25, -0.2) is 0 Å². The second-order valence-corrected chi connectivity index (χ2v) is 8.00. The maximum absolute atomic E-state index is 3.86. The van der Waals surface area contributed by atoms with Crippen molar-refractivity contribution >= 4 is 0 Å². The maximum atomic E-state index is 3.86. The third kappa shape index (κ3) is 7.90. The molecular weight excluding hydrogens is 360 g/mol. The molecule has 0 aliphatic rings. The fourth-order valence-electron chi connectivity index (χ4n) is 3.86. The maximum Gasteiger partial charge on any atom is -0.0203 e. The first-order chi connectivity index (χ1) is 14.8. The van der Waals surface area contributed by atoms with E-state index in [9.17, 15) is 0 Å². The van der Waals surface area contributed by atoms with Crippen molar-refractivity contribution in [3.63, 3.8) is 0 Å². The molecule has 0 amide bonds. The van der Waals surface area contributed by atoms with Gasteiger partial charge in [0.25, 0.3) is 0 Å². The average molecular weight is 395 g/mol. The highest BCUT2D eigenvalue weighted by atomic mass is 14.1. The average Bonchev–Trinajstić information content (AvgIpc) is 2.82. The van der Waals surface area contributed by atoms with Crippen LogP contribution in [0.1, 0.15) is 55.7 Å². The molecule has 0 saturated heterocycles. The lowest BCUT2D eigenvalue weighted by atomic mass is 9.96. The van der Waals surface area contributed by atoms with Gasteiger partial charge in [0, 0.05) is 0 Å².